The zero-order valence-electron chi connectivity index (χ0n) is 7.51. The molecule has 0 spiro atoms. The van der Waals surface area contributed by atoms with Crippen LogP contribution in [0.1, 0.15) is 26.7 Å². The molecule has 1 heterocycles. The Balaban J connectivity index is 2.23. The van der Waals surface area contributed by atoms with Crippen molar-refractivity contribution >= 4 is 0 Å². The van der Waals surface area contributed by atoms with Crippen LogP contribution in [-0.4, -0.2) is 35.7 Å². The smallest absolute Gasteiger partial charge is 0.0667 e. The van der Waals surface area contributed by atoms with Gasteiger partial charge in [-0.15, -0.1) is 0 Å². The van der Waals surface area contributed by atoms with E-state index >= 15 is 0 Å². The molecule has 2 heteroatoms. The van der Waals surface area contributed by atoms with E-state index in [1.54, 1.807) is 0 Å². The minimum Gasteiger partial charge on any atom is -0.392 e. The van der Waals surface area contributed by atoms with Crippen molar-refractivity contribution in [2.75, 3.05) is 19.6 Å². The first kappa shape index (κ1) is 9.01. The van der Waals surface area contributed by atoms with Crippen LogP contribution in [0.4, 0.5) is 0 Å². The zero-order chi connectivity index (χ0) is 8.27. The normalized spacial score (nSPS) is 27.8. The van der Waals surface area contributed by atoms with Crippen LogP contribution in [0.15, 0.2) is 0 Å². The Bertz CT molecular complexity index is 112. The molecule has 1 atom stereocenters. The maximum absolute atomic E-state index is 9.34. The predicted molar refractivity (Wildman–Crippen MR) is 46.3 cm³/mol. The van der Waals surface area contributed by atoms with Crippen LogP contribution in [0.25, 0.3) is 0 Å². The summed E-state index contributed by atoms with van der Waals surface area (Å²) in [6, 6.07) is 0. The zero-order valence-corrected chi connectivity index (χ0v) is 7.51. The van der Waals surface area contributed by atoms with Crippen LogP contribution in [0.5, 0.6) is 0 Å². The minimum atomic E-state index is -0.0805. The van der Waals surface area contributed by atoms with Crippen molar-refractivity contribution in [3.63, 3.8) is 0 Å². The minimum absolute atomic E-state index is 0.0805. The third-order valence-corrected chi connectivity index (χ3v) is 2.02. The summed E-state index contributed by atoms with van der Waals surface area (Å²) in [4.78, 5) is 2.32. The molecule has 1 N–H and O–H groups in total. The molecule has 1 fully saturated rings. The highest BCUT2D eigenvalue weighted by Gasteiger charge is 2.17. The van der Waals surface area contributed by atoms with E-state index in [9.17, 15) is 5.11 Å². The molecule has 1 aliphatic rings. The summed E-state index contributed by atoms with van der Waals surface area (Å²) in [6.07, 6.45) is 2.05. The van der Waals surface area contributed by atoms with Gasteiger partial charge in [0.15, 0.2) is 0 Å². The molecule has 0 aromatic carbocycles. The summed E-state index contributed by atoms with van der Waals surface area (Å²) >= 11 is 0. The number of hydrogen-bond donors (Lipinski definition) is 1. The molecule has 65 valence electrons. The number of β-amino-alcohol motifs (C(OH)–C–C–N with tert-alkyl or cyclic N) is 1. The van der Waals surface area contributed by atoms with Crippen LogP contribution in [0, 0.1) is 5.92 Å². The maximum atomic E-state index is 9.34. The maximum Gasteiger partial charge on any atom is 0.0667 e. The third kappa shape index (κ3) is 3.21. The van der Waals surface area contributed by atoms with Crippen molar-refractivity contribution in [3.05, 3.63) is 5.92 Å². The van der Waals surface area contributed by atoms with Gasteiger partial charge in [0.25, 0.3) is 0 Å². The van der Waals surface area contributed by atoms with Crippen LogP contribution in [0.3, 0.4) is 0 Å². The van der Waals surface area contributed by atoms with E-state index in [0.717, 1.165) is 32.5 Å². The van der Waals surface area contributed by atoms with Gasteiger partial charge in [0.1, 0.15) is 0 Å². The first-order valence-electron chi connectivity index (χ1n) is 4.38. The highest BCUT2D eigenvalue weighted by Crippen LogP contribution is 2.11. The van der Waals surface area contributed by atoms with Crippen molar-refractivity contribution in [1.29, 1.82) is 0 Å². The van der Waals surface area contributed by atoms with Crippen molar-refractivity contribution in [1.82, 2.24) is 4.90 Å². The van der Waals surface area contributed by atoms with E-state index in [0.29, 0.717) is 0 Å². The van der Waals surface area contributed by atoms with Crippen molar-refractivity contribution < 1.29 is 5.11 Å². The SMILES string of the molecule is C[C](C)CN1CCC[C@H](O)C1. The van der Waals surface area contributed by atoms with E-state index in [4.69, 9.17) is 0 Å². The molecular weight excluding hydrogens is 138 g/mol. The number of aliphatic hydroxyl groups is 1. The summed E-state index contributed by atoms with van der Waals surface area (Å²) < 4.78 is 0. The molecule has 0 unspecified atom stereocenters. The molecule has 1 radical (unpaired) electrons. The number of aliphatic hydroxyl groups excluding tert-OH is 1. The molecule has 2 nitrogen and oxygen atoms in total. The van der Waals surface area contributed by atoms with Crippen LogP contribution in [-0.2, 0) is 0 Å². The van der Waals surface area contributed by atoms with Gasteiger partial charge in [-0.05, 0) is 25.3 Å². The van der Waals surface area contributed by atoms with Gasteiger partial charge < -0.3 is 10.0 Å². The fourth-order valence-corrected chi connectivity index (χ4v) is 1.62. The quantitative estimate of drug-likeness (QED) is 0.646. The highest BCUT2D eigenvalue weighted by atomic mass is 16.3. The molecule has 11 heavy (non-hydrogen) atoms. The molecule has 0 saturated carbocycles. The molecule has 0 aromatic heterocycles. The molecule has 1 rings (SSSR count). The average Bonchev–Trinajstić information content (AvgIpc) is 1.85. The van der Waals surface area contributed by atoms with Gasteiger partial charge in [0, 0.05) is 13.1 Å². The van der Waals surface area contributed by atoms with Crippen LogP contribution >= 0.6 is 0 Å². The Morgan fingerprint density at radius 1 is 1.55 bits per heavy atom. The molecule has 1 aliphatic heterocycles. The number of nitrogens with zero attached hydrogens (tertiary/aromatic N) is 1. The van der Waals surface area contributed by atoms with Gasteiger partial charge in [0.2, 0.25) is 0 Å². The van der Waals surface area contributed by atoms with E-state index in [-0.39, 0.29) is 6.10 Å². The van der Waals surface area contributed by atoms with E-state index in [1.165, 1.54) is 5.92 Å². The summed E-state index contributed by atoms with van der Waals surface area (Å²) in [5, 5.41) is 9.34. The fraction of sp³-hybridized carbons (Fsp3) is 0.889. The molecule has 0 aliphatic carbocycles. The Labute approximate surface area is 69.2 Å². The van der Waals surface area contributed by atoms with Gasteiger partial charge in [-0.3, -0.25) is 0 Å². The largest absolute Gasteiger partial charge is 0.392 e. The Morgan fingerprint density at radius 3 is 2.82 bits per heavy atom. The summed E-state index contributed by atoms with van der Waals surface area (Å²) in [5.41, 5.74) is 0. The topological polar surface area (TPSA) is 23.5 Å². The fourth-order valence-electron chi connectivity index (χ4n) is 1.62. The molecule has 1 saturated heterocycles. The van der Waals surface area contributed by atoms with Gasteiger partial charge in [0.05, 0.1) is 6.10 Å². The number of piperidine rings is 1. The first-order chi connectivity index (χ1) is 5.18. The molecule has 0 amide bonds. The van der Waals surface area contributed by atoms with Gasteiger partial charge in [-0.1, -0.05) is 13.8 Å². The lowest BCUT2D eigenvalue weighted by Crippen LogP contribution is -2.39. The van der Waals surface area contributed by atoms with Gasteiger partial charge in [-0.25, -0.2) is 0 Å². The summed E-state index contributed by atoms with van der Waals surface area (Å²) in [5.74, 6) is 1.43. The second kappa shape index (κ2) is 4.07. The summed E-state index contributed by atoms with van der Waals surface area (Å²) in [7, 11) is 0. The monoisotopic (exact) mass is 156 g/mol. The number of likely N-dealkylation sites (tertiary alicyclic amines) is 1. The van der Waals surface area contributed by atoms with Gasteiger partial charge in [-0.2, -0.15) is 0 Å². The first-order valence-corrected chi connectivity index (χ1v) is 4.38. The number of rotatable bonds is 2. The second-order valence-corrected chi connectivity index (χ2v) is 3.74. The van der Waals surface area contributed by atoms with Crippen LogP contribution < -0.4 is 0 Å². The van der Waals surface area contributed by atoms with E-state index in [2.05, 4.69) is 18.7 Å². The third-order valence-electron chi connectivity index (χ3n) is 2.02. The van der Waals surface area contributed by atoms with E-state index in [1.807, 2.05) is 0 Å². The highest BCUT2D eigenvalue weighted by molar-refractivity contribution is 4.84. The van der Waals surface area contributed by atoms with Gasteiger partial charge >= 0.3 is 0 Å². The molecular formula is C9H18NO. The molecule has 0 aromatic rings. The Hall–Kier alpha value is -0.0800. The van der Waals surface area contributed by atoms with Crippen molar-refractivity contribution in [2.24, 2.45) is 0 Å². The average molecular weight is 156 g/mol. The standard InChI is InChI=1S/C9H18NO/c1-8(2)6-10-5-3-4-9(11)7-10/h9,11H,3-7H2,1-2H3/t9-/m0/s1. The van der Waals surface area contributed by atoms with Crippen LogP contribution in [0.2, 0.25) is 0 Å². The lowest BCUT2D eigenvalue weighted by Gasteiger charge is -2.30. The van der Waals surface area contributed by atoms with Crippen molar-refractivity contribution in [2.45, 2.75) is 32.8 Å². The number of hydrogen-bond acceptors (Lipinski definition) is 2. The lowest BCUT2D eigenvalue weighted by atomic mass is 10.1. The lowest BCUT2D eigenvalue weighted by molar-refractivity contribution is 0.0733. The second-order valence-electron chi connectivity index (χ2n) is 3.74. The summed E-state index contributed by atoms with van der Waals surface area (Å²) in [6.45, 7) is 7.35. The Kier molecular flexibility index (Phi) is 3.34. The van der Waals surface area contributed by atoms with E-state index < -0.39 is 0 Å². The predicted octanol–water partition coefficient (Wildman–Crippen LogP) is 1.06. The Morgan fingerprint density at radius 2 is 2.27 bits per heavy atom. The molecule has 0 bridgehead atoms. The van der Waals surface area contributed by atoms with Crippen molar-refractivity contribution in [3.8, 4) is 0 Å².